The molecule has 0 radical (unpaired) electrons. The predicted molar refractivity (Wildman–Crippen MR) is 81.5 cm³/mol. The van der Waals surface area contributed by atoms with Crippen molar-refractivity contribution in [2.45, 2.75) is 0 Å². The molecule has 21 heavy (non-hydrogen) atoms. The Morgan fingerprint density at radius 2 is 1.95 bits per heavy atom. The molecule has 0 bridgehead atoms. The molecule has 0 N–H and O–H groups in total. The molecule has 0 aliphatic carbocycles. The van der Waals surface area contributed by atoms with Crippen LogP contribution in [0.1, 0.15) is 10.6 Å². The van der Waals surface area contributed by atoms with Crippen LogP contribution in [0, 0.1) is 11.6 Å². The quantitative estimate of drug-likeness (QED) is 0.696. The minimum atomic E-state index is -0.468. The van der Waals surface area contributed by atoms with Crippen LogP contribution in [0.25, 0.3) is 22.4 Å². The van der Waals surface area contributed by atoms with Crippen molar-refractivity contribution in [2.24, 2.45) is 0 Å². The maximum absolute atomic E-state index is 13.5. The molecule has 0 fully saturated rings. The van der Waals surface area contributed by atoms with E-state index in [0.29, 0.717) is 0 Å². The van der Waals surface area contributed by atoms with E-state index in [0.717, 1.165) is 39.2 Å². The standard InChI is InChI=1S/C16H11F2NOS/c1-20-12-4-6-14-15(9-12)21-16(19-14)7-2-10-8-11(17)3-5-13(10)18/h2-9H,1H3/b7-2+. The summed E-state index contributed by atoms with van der Waals surface area (Å²) >= 11 is 1.46. The summed E-state index contributed by atoms with van der Waals surface area (Å²) in [6, 6.07) is 8.96. The van der Waals surface area contributed by atoms with Crippen molar-refractivity contribution in [3.05, 3.63) is 58.6 Å². The van der Waals surface area contributed by atoms with E-state index in [1.165, 1.54) is 17.4 Å². The minimum absolute atomic E-state index is 0.201. The Labute approximate surface area is 124 Å². The third-order valence-corrected chi connectivity index (χ3v) is 3.96. The van der Waals surface area contributed by atoms with Gasteiger partial charge in [0.15, 0.2) is 0 Å². The molecule has 3 rings (SSSR count). The van der Waals surface area contributed by atoms with E-state index in [4.69, 9.17) is 4.74 Å². The number of benzene rings is 2. The van der Waals surface area contributed by atoms with Gasteiger partial charge in [-0.2, -0.15) is 0 Å². The van der Waals surface area contributed by atoms with Gasteiger partial charge in [0, 0.05) is 5.56 Å². The van der Waals surface area contributed by atoms with Crippen molar-refractivity contribution in [3.63, 3.8) is 0 Å². The van der Waals surface area contributed by atoms with Gasteiger partial charge in [0.1, 0.15) is 22.4 Å². The van der Waals surface area contributed by atoms with Crippen LogP contribution in [-0.2, 0) is 0 Å². The van der Waals surface area contributed by atoms with Gasteiger partial charge in [0.2, 0.25) is 0 Å². The monoisotopic (exact) mass is 303 g/mol. The molecule has 2 aromatic carbocycles. The summed E-state index contributed by atoms with van der Waals surface area (Å²) in [4.78, 5) is 4.42. The summed E-state index contributed by atoms with van der Waals surface area (Å²) in [5, 5.41) is 0.724. The zero-order valence-electron chi connectivity index (χ0n) is 11.1. The lowest BCUT2D eigenvalue weighted by Crippen LogP contribution is -1.83. The molecule has 0 saturated heterocycles. The summed E-state index contributed by atoms with van der Waals surface area (Å²) in [6.45, 7) is 0. The molecule has 3 aromatic rings. The van der Waals surface area contributed by atoms with Gasteiger partial charge >= 0.3 is 0 Å². The highest BCUT2D eigenvalue weighted by molar-refractivity contribution is 7.19. The molecule has 0 amide bonds. The SMILES string of the molecule is COc1ccc2nc(/C=C/c3cc(F)ccc3F)sc2c1. The van der Waals surface area contributed by atoms with Crippen LogP contribution < -0.4 is 4.74 Å². The summed E-state index contributed by atoms with van der Waals surface area (Å²) in [5.74, 6) is -0.168. The fourth-order valence-electron chi connectivity index (χ4n) is 1.92. The predicted octanol–water partition coefficient (Wildman–Crippen LogP) is 4.75. The van der Waals surface area contributed by atoms with Gasteiger partial charge < -0.3 is 4.74 Å². The number of fused-ring (bicyclic) bond motifs is 1. The number of thiazole rings is 1. The molecule has 0 atom stereocenters. The van der Waals surface area contributed by atoms with Crippen molar-refractivity contribution in [2.75, 3.05) is 7.11 Å². The van der Waals surface area contributed by atoms with Crippen LogP contribution in [-0.4, -0.2) is 12.1 Å². The Morgan fingerprint density at radius 3 is 2.76 bits per heavy atom. The Balaban J connectivity index is 1.94. The minimum Gasteiger partial charge on any atom is -0.497 e. The second kappa shape index (κ2) is 5.61. The highest BCUT2D eigenvalue weighted by Crippen LogP contribution is 2.27. The number of hydrogen-bond acceptors (Lipinski definition) is 3. The summed E-state index contributed by atoms with van der Waals surface area (Å²) in [5.41, 5.74) is 1.05. The van der Waals surface area contributed by atoms with Crippen LogP contribution >= 0.6 is 11.3 Å². The molecular weight excluding hydrogens is 292 g/mol. The molecule has 0 unspecified atom stereocenters. The van der Waals surface area contributed by atoms with E-state index in [2.05, 4.69) is 4.98 Å². The third-order valence-electron chi connectivity index (χ3n) is 2.98. The Bertz CT molecular complexity index is 826. The molecule has 1 heterocycles. The van der Waals surface area contributed by atoms with Gasteiger partial charge in [-0.25, -0.2) is 13.8 Å². The van der Waals surface area contributed by atoms with E-state index in [1.807, 2.05) is 18.2 Å². The highest BCUT2D eigenvalue weighted by atomic mass is 32.1. The van der Waals surface area contributed by atoms with Crippen LogP contribution in [0.2, 0.25) is 0 Å². The van der Waals surface area contributed by atoms with Crippen molar-refractivity contribution in [1.29, 1.82) is 0 Å². The van der Waals surface area contributed by atoms with Gasteiger partial charge in [-0.3, -0.25) is 0 Å². The highest BCUT2D eigenvalue weighted by Gasteiger charge is 2.04. The van der Waals surface area contributed by atoms with Crippen LogP contribution in [0.3, 0.4) is 0 Å². The normalized spacial score (nSPS) is 11.4. The summed E-state index contributed by atoms with van der Waals surface area (Å²) in [7, 11) is 1.61. The number of aromatic nitrogens is 1. The van der Waals surface area contributed by atoms with Crippen LogP contribution in [0.4, 0.5) is 8.78 Å². The van der Waals surface area contributed by atoms with E-state index in [1.54, 1.807) is 13.2 Å². The third kappa shape index (κ3) is 2.92. The first kappa shape index (κ1) is 13.7. The lowest BCUT2D eigenvalue weighted by molar-refractivity contribution is 0.415. The Hall–Kier alpha value is -2.27. The molecular formula is C16H11F2NOS. The average molecular weight is 303 g/mol. The molecule has 0 saturated carbocycles. The zero-order chi connectivity index (χ0) is 14.8. The number of rotatable bonds is 3. The molecule has 0 aliphatic rings. The number of methoxy groups -OCH3 is 1. The second-order valence-corrected chi connectivity index (χ2v) is 5.45. The fraction of sp³-hybridized carbons (Fsp3) is 0.0625. The molecule has 2 nitrogen and oxygen atoms in total. The summed E-state index contributed by atoms with van der Waals surface area (Å²) in [6.07, 6.45) is 3.20. The van der Waals surface area contributed by atoms with Crippen LogP contribution in [0.5, 0.6) is 5.75 Å². The van der Waals surface area contributed by atoms with Crippen LogP contribution in [0.15, 0.2) is 36.4 Å². The van der Waals surface area contributed by atoms with Gasteiger partial charge in [0.25, 0.3) is 0 Å². The Morgan fingerprint density at radius 1 is 1.10 bits per heavy atom. The second-order valence-electron chi connectivity index (χ2n) is 4.38. The van der Waals surface area contributed by atoms with E-state index in [-0.39, 0.29) is 5.56 Å². The number of hydrogen-bond donors (Lipinski definition) is 0. The Kier molecular flexibility index (Phi) is 3.66. The zero-order valence-corrected chi connectivity index (χ0v) is 12.0. The van der Waals surface area contributed by atoms with Crippen molar-refractivity contribution >= 4 is 33.7 Å². The lowest BCUT2D eigenvalue weighted by Gasteiger charge is -1.96. The number of ether oxygens (including phenoxy) is 1. The van der Waals surface area contributed by atoms with E-state index >= 15 is 0 Å². The van der Waals surface area contributed by atoms with E-state index in [9.17, 15) is 8.78 Å². The topological polar surface area (TPSA) is 22.1 Å². The molecule has 106 valence electrons. The van der Waals surface area contributed by atoms with Gasteiger partial charge in [-0.1, -0.05) is 0 Å². The van der Waals surface area contributed by atoms with Gasteiger partial charge in [-0.05, 0) is 48.6 Å². The molecule has 0 aliphatic heterocycles. The molecule has 5 heteroatoms. The van der Waals surface area contributed by atoms with Crippen molar-refractivity contribution in [3.8, 4) is 5.75 Å². The van der Waals surface area contributed by atoms with Crippen molar-refractivity contribution in [1.82, 2.24) is 4.98 Å². The number of nitrogens with zero attached hydrogens (tertiary/aromatic N) is 1. The lowest BCUT2D eigenvalue weighted by atomic mass is 10.2. The molecule has 0 spiro atoms. The van der Waals surface area contributed by atoms with Crippen molar-refractivity contribution < 1.29 is 13.5 Å². The van der Waals surface area contributed by atoms with E-state index < -0.39 is 11.6 Å². The summed E-state index contributed by atoms with van der Waals surface area (Å²) < 4.78 is 32.8. The largest absolute Gasteiger partial charge is 0.497 e. The fourth-order valence-corrected chi connectivity index (χ4v) is 2.82. The first-order valence-electron chi connectivity index (χ1n) is 6.23. The molecule has 1 aromatic heterocycles. The van der Waals surface area contributed by atoms with Gasteiger partial charge in [-0.15, -0.1) is 11.3 Å². The average Bonchev–Trinajstić information content (AvgIpc) is 2.89. The first-order valence-corrected chi connectivity index (χ1v) is 7.05. The first-order chi connectivity index (χ1) is 10.2. The maximum Gasteiger partial charge on any atom is 0.130 e. The van der Waals surface area contributed by atoms with Gasteiger partial charge in [0.05, 0.1) is 17.3 Å². The smallest absolute Gasteiger partial charge is 0.130 e. The number of halogens is 2. The maximum atomic E-state index is 13.5.